The van der Waals surface area contributed by atoms with E-state index in [2.05, 4.69) is 45.8 Å². The molecule has 0 atom stereocenters. The maximum Gasteiger partial charge on any atom is 0.326 e. The number of urea groups is 1. The SMILES string of the molecule is C=CCN(C)CC=CCOc1ccc2c(c1)CCCN2C(=O)Nc1ccc(Br)cc1. The number of nitrogens with one attached hydrogen (secondary N) is 1. The van der Waals surface area contributed by atoms with Gasteiger partial charge < -0.3 is 10.1 Å². The van der Waals surface area contributed by atoms with Crippen LogP contribution in [0, 0.1) is 0 Å². The number of rotatable bonds is 8. The number of carbonyl (C=O) groups is 1. The molecule has 1 aliphatic heterocycles. The number of anilines is 2. The zero-order valence-electron chi connectivity index (χ0n) is 17.3. The predicted octanol–water partition coefficient (Wildman–Crippen LogP) is 5.49. The second-order valence-corrected chi connectivity index (χ2v) is 8.19. The van der Waals surface area contributed by atoms with E-state index in [4.69, 9.17) is 4.74 Å². The summed E-state index contributed by atoms with van der Waals surface area (Å²) in [6.07, 6.45) is 7.88. The van der Waals surface area contributed by atoms with E-state index >= 15 is 0 Å². The Balaban J connectivity index is 1.58. The molecule has 2 aromatic carbocycles. The molecule has 0 fully saturated rings. The number of amides is 2. The van der Waals surface area contributed by atoms with Crippen LogP contribution in [0.15, 0.2) is 71.7 Å². The fraction of sp³-hybridized carbons (Fsp3) is 0.292. The Morgan fingerprint density at radius 1 is 1.23 bits per heavy atom. The van der Waals surface area contributed by atoms with Crippen LogP contribution < -0.4 is 15.0 Å². The highest BCUT2D eigenvalue weighted by Crippen LogP contribution is 2.31. The van der Waals surface area contributed by atoms with E-state index in [1.165, 1.54) is 0 Å². The van der Waals surface area contributed by atoms with Crippen LogP contribution in [0.4, 0.5) is 16.2 Å². The summed E-state index contributed by atoms with van der Waals surface area (Å²) in [7, 11) is 2.05. The predicted molar refractivity (Wildman–Crippen MR) is 128 cm³/mol. The lowest BCUT2D eigenvalue weighted by molar-refractivity contribution is 0.256. The third kappa shape index (κ3) is 6.21. The molecule has 1 heterocycles. The number of carbonyl (C=O) groups excluding carboxylic acids is 1. The lowest BCUT2D eigenvalue weighted by Gasteiger charge is -2.30. The van der Waals surface area contributed by atoms with Gasteiger partial charge in [-0.05, 0) is 67.9 Å². The molecule has 0 unspecified atom stereocenters. The molecule has 30 heavy (non-hydrogen) atoms. The largest absolute Gasteiger partial charge is 0.490 e. The first-order valence-electron chi connectivity index (χ1n) is 10.1. The van der Waals surface area contributed by atoms with Crippen molar-refractivity contribution < 1.29 is 9.53 Å². The van der Waals surface area contributed by atoms with E-state index in [1.807, 2.05) is 54.6 Å². The fourth-order valence-electron chi connectivity index (χ4n) is 3.36. The van der Waals surface area contributed by atoms with E-state index in [0.717, 1.165) is 53.1 Å². The highest BCUT2D eigenvalue weighted by molar-refractivity contribution is 9.10. The van der Waals surface area contributed by atoms with Crippen LogP contribution in [0.3, 0.4) is 0 Å². The van der Waals surface area contributed by atoms with E-state index in [0.29, 0.717) is 13.2 Å². The van der Waals surface area contributed by atoms with Crippen molar-refractivity contribution in [2.24, 2.45) is 0 Å². The molecular formula is C24H28BrN3O2. The quantitative estimate of drug-likeness (QED) is 0.520. The Kier molecular flexibility index (Phi) is 8.11. The molecule has 3 rings (SSSR count). The van der Waals surface area contributed by atoms with Crippen molar-refractivity contribution in [3.8, 4) is 5.75 Å². The number of halogens is 1. The third-order valence-corrected chi connectivity index (χ3v) is 5.41. The Labute approximate surface area is 187 Å². The van der Waals surface area contributed by atoms with Crippen molar-refractivity contribution in [1.29, 1.82) is 0 Å². The van der Waals surface area contributed by atoms with E-state index in [1.54, 1.807) is 4.90 Å². The first-order valence-corrected chi connectivity index (χ1v) is 10.9. The van der Waals surface area contributed by atoms with Crippen molar-refractivity contribution in [2.75, 3.05) is 43.5 Å². The number of ether oxygens (including phenoxy) is 1. The average Bonchev–Trinajstić information content (AvgIpc) is 2.74. The Morgan fingerprint density at radius 3 is 2.80 bits per heavy atom. The number of hydrogen-bond donors (Lipinski definition) is 1. The van der Waals surface area contributed by atoms with Gasteiger partial charge in [0.25, 0.3) is 0 Å². The Morgan fingerprint density at radius 2 is 2.03 bits per heavy atom. The zero-order valence-corrected chi connectivity index (χ0v) is 18.9. The summed E-state index contributed by atoms with van der Waals surface area (Å²) in [5.74, 6) is 0.827. The van der Waals surface area contributed by atoms with Gasteiger partial charge in [0.2, 0.25) is 0 Å². The van der Waals surface area contributed by atoms with Crippen LogP contribution in [-0.2, 0) is 6.42 Å². The molecule has 0 radical (unpaired) electrons. The molecule has 0 spiro atoms. The molecule has 0 aromatic heterocycles. The zero-order chi connectivity index (χ0) is 21.3. The third-order valence-electron chi connectivity index (χ3n) is 4.88. The smallest absolute Gasteiger partial charge is 0.326 e. The molecule has 6 heteroatoms. The minimum atomic E-state index is -0.112. The molecule has 0 saturated heterocycles. The van der Waals surface area contributed by atoms with Gasteiger partial charge in [0.15, 0.2) is 0 Å². The van der Waals surface area contributed by atoms with Crippen molar-refractivity contribution in [3.05, 3.63) is 77.3 Å². The number of fused-ring (bicyclic) bond motifs is 1. The monoisotopic (exact) mass is 469 g/mol. The van der Waals surface area contributed by atoms with Crippen molar-refractivity contribution in [1.82, 2.24) is 4.90 Å². The second kappa shape index (κ2) is 11.0. The summed E-state index contributed by atoms with van der Waals surface area (Å²) in [6.45, 7) is 6.69. The second-order valence-electron chi connectivity index (χ2n) is 7.28. The maximum atomic E-state index is 12.8. The molecule has 158 valence electrons. The molecular weight excluding hydrogens is 442 g/mol. The standard InChI is InChI=1S/C24H28BrN3O2/c1-3-14-27(2)15-4-5-17-30-22-12-13-23-19(18-22)7-6-16-28(23)24(29)26-21-10-8-20(25)9-11-21/h3-5,8-13,18H,1,6-7,14-17H2,2H3,(H,26,29). The molecule has 0 saturated carbocycles. The van der Waals surface area contributed by atoms with Gasteiger partial charge in [0.1, 0.15) is 12.4 Å². The summed E-state index contributed by atoms with van der Waals surface area (Å²) in [6, 6.07) is 13.4. The molecule has 0 aliphatic carbocycles. The minimum Gasteiger partial charge on any atom is -0.490 e. The fourth-order valence-corrected chi connectivity index (χ4v) is 3.62. The minimum absolute atomic E-state index is 0.112. The van der Waals surface area contributed by atoms with Crippen LogP contribution >= 0.6 is 15.9 Å². The lowest BCUT2D eigenvalue weighted by atomic mass is 10.0. The van der Waals surface area contributed by atoms with Gasteiger partial charge in [-0.3, -0.25) is 9.80 Å². The molecule has 5 nitrogen and oxygen atoms in total. The van der Waals surface area contributed by atoms with Gasteiger partial charge in [-0.1, -0.05) is 34.2 Å². The number of nitrogens with zero attached hydrogens (tertiary/aromatic N) is 2. The van der Waals surface area contributed by atoms with Crippen molar-refractivity contribution in [2.45, 2.75) is 12.8 Å². The highest BCUT2D eigenvalue weighted by atomic mass is 79.9. The van der Waals surface area contributed by atoms with Gasteiger partial charge in [0.05, 0.1) is 0 Å². The lowest BCUT2D eigenvalue weighted by Crippen LogP contribution is -2.38. The van der Waals surface area contributed by atoms with E-state index < -0.39 is 0 Å². The van der Waals surface area contributed by atoms with Crippen LogP contribution in [0.5, 0.6) is 5.75 Å². The number of hydrogen-bond acceptors (Lipinski definition) is 3. The summed E-state index contributed by atoms with van der Waals surface area (Å²) >= 11 is 3.41. The van der Waals surface area contributed by atoms with Crippen LogP contribution in [0.25, 0.3) is 0 Å². The molecule has 1 N–H and O–H groups in total. The van der Waals surface area contributed by atoms with Crippen molar-refractivity contribution in [3.63, 3.8) is 0 Å². The Bertz CT molecular complexity index is 896. The average molecular weight is 470 g/mol. The Hall–Kier alpha value is -2.57. The maximum absolute atomic E-state index is 12.8. The van der Waals surface area contributed by atoms with Gasteiger partial charge in [0, 0.05) is 35.5 Å². The van der Waals surface area contributed by atoms with Crippen LogP contribution in [0.2, 0.25) is 0 Å². The number of aryl methyl sites for hydroxylation is 1. The number of likely N-dealkylation sites (N-methyl/N-ethyl adjacent to an activating group) is 1. The first-order chi connectivity index (χ1) is 14.6. The normalized spacial score (nSPS) is 13.4. The summed E-state index contributed by atoms with van der Waals surface area (Å²) < 4.78 is 6.85. The van der Waals surface area contributed by atoms with E-state index in [9.17, 15) is 4.79 Å². The first kappa shape index (κ1) is 22.1. The molecule has 0 bridgehead atoms. The number of benzene rings is 2. The van der Waals surface area contributed by atoms with Crippen molar-refractivity contribution >= 4 is 33.3 Å². The summed E-state index contributed by atoms with van der Waals surface area (Å²) in [4.78, 5) is 16.8. The highest BCUT2D eigenvalue weighted by Gasteiger charge is 2.23. The van der Waals surface area contributed by atoms with Gasteiger partial charge in [-0.25, -0.2) is 4.79 Å². The van der Waals surface area contributed by atoms with Crippen LogP contribution in [0.1, 0.15) is 12.0 Å². The molecule has 2 aromatic rings. The summed E-state index contributed by atoms with van der Waals surface area (Å²) in [5, 5.41) is 2.98. The van der Waals surface area contributed by atoms with Gasteiger partial charge >= 0.3 is 6.03 Å². The van der Waals surface area contributed by atoms with Gasteiger partial charge in [-0.2, -0.15) is 0 Å². The van der Waals surface area contributed by atoms with Crippen LogP contribution in [-0.4, -0.2) is 44.2 Å². The van der Waals surface area contributed by atoms with E-state index in [-0.39, 0.29) is 6.03 Å². The molecule has 1 aliphatic rings. The van der Waals surface area contributed by atoms with Gasteiger partial charge in [-0.15, -0.1) is 6.58 Å². The topological polar surface area (TPSA) is 44.8 Å². The summed E-state index contributed by atoms with van der Waals surface area (Å²) in [5.41, 5.74) is 2.87. The molecule has 2 amide bonds.